The van der Waals surface area contributed by atoms with Crippen LogP contribution in [0.2, 0.25) is 0 Å². The van der Waals surface area contributed by atoms with E-state index in [1.54, 1.807) is 0 Å². The molecule has 0 saturated heterocycles. The summed E-state index contributed by atoms with van der Waals surface area (Å²) in [7, 11) is 0. The molecule has 10 heavy (non-hydrogen) atoms. The maximum Gasteiger partial charge on any atom is 0.194 e. The molecule has 0 atom stereocenters. The summed E-state index contributed by atoms with van der Waals surface area (Å²) in [5.74, 6) is 0.891. The summed E-state index contributed by atoms with van der Waals surface area (Å²) in [6.45, 7) is 8.05. The van der Waals surface area contributed by atoms with Gasteiger partial charge in [-0.1, -0.05) is 39.5 Å². The van der Waals surface area contributed by atoms with Gasteiger partial charge in [0.1, 0.15) is 0 Å². The van der Waals surface area contributed by atoms with E-state index in [1.165, 1.54) is 11.8 Å². The fourth-order valence-corrected chi connectivity index (χ4v) is 1.27. The molecule has 0 bridgehead atoms. The summed E-state index contributed by atoms with van der Waals surface area (Å²) >= 11 is 1.42. The Bertz CT molecular complexity index is 118. The molecular formula is C8H16OS. The van der Waals surface area contributed by atoms with Crippen LogP contribution in [-0.4, -0.2) is 10.9 Å². The minimum Gasteiger partial charge on any atom is -0.287 e. The highest BCUT2D eigenvalue weighted by atomic mass is 32.2. The zero-order valence-electron chi connectivity index (χ0n) is 7.23. The first-order valence-corrected chi connectivity index (χ1v) is 4.70. The normalized spacial score (nSPS) is 11.6. The molecule has 0 rings (SSSR count). The quantitative estimate of drug-likeness (QED) is 0.631. The smallest absolute Gasteiger partial charge is 0.194 e. The van der Waals surface area contributed by atoms with Gasteiger partial charge in [0.15, 0.2) is 5.12 Å². The third-order valence-electron chi connectivity index (χ3n) is 1.71. The molecule has 0 amide bonds. The first kappa shape index (κ1) is 10.0. The first-order valence-electron chi connectivity index (χ1n) is 3.71. The molecule has 0 unspecified atom stereocenters. The van der Waals surface area contributed by atoms with Gasteiger partial charge in [0.05, 0.1) is 0 Å². The number of carbonyl (C=O) groups is 1. The maximum absolute atomic E-state index is 11.3. The Kier molecular flexibility index (Phi) is 4.02. The van der Waals surface area contributed by atoms with E-state index in [-0.39, 0.29) is 5.41 Å². The fraction of sp³-hybridized carbons (Fsp3) is 0.875. The number of carbonyl (C=O) groups excluding carboxylic acids is 1. The zero-order chi connectivity index (χ0) is 8.20. The third kappa shape index (κ3) is 2.74. The number of rotatable bonds is 3. The molecule has 1 nitrogen and oxygen atoms in total. The Labute approximate surface area is 67.6 Å². The minimum absolute atomic E-state index is 0.124. The van der Waals surface area contributed by atoms with E-state index in [2.05, 4.69) is 0 Å². The van der Waals surface area contributed by atoms with E-state index in [0.29, 0.717) is 5.12 Å². The van der Waals surface area contributed by atoms with Gasteiger partial charge in [-0.05, 0) is 12.2 Å². The Hall–Kier alpha value is 0.0200. The van der Waals surface area contributed by atoms with Gasteiger partial charge in [0.2, 0.25) is 0 Å². The molecule has 0 aliphatic heterocycles. The minimum atomic E-state index is -0.124. The monoisotopic (exact) mass is 160 g/mol. The van der Waals surface area contributed by atoms with Gasteiger partial charge in [0.25, 0.3) is 0 Å². The van der Waals surface area contributed by atoms with Crippen molar-refractivity contribution in [1.29, 1.82) is 0 Å². The van der Waals surface area contributed by atoms with Crippen molar-refractivity contribution in [2.24, 2.45) is 5.41 Å². The molecule has 0 N–H and O–H groups in total. The van der Waals surface area contributed by atoms with E-state index in [1.807, 2.05) is 27.7 Å². The molecule has 0 saturated carbocycles. The van der Waals surface area contributed by atoms with E-state index in [9.17, 15) is 4.79 Å². The zero-order valence-corrected chi connectivity index (χ0v) is 8.05. The standard InChI is InChI=1S/C8H16OS/c1-5-8(3,4)7(9)10-6-2/h5-6H2,1-4H3. The van der Waals surface area contributed by atoms with Crippen LogP contribution in [0.3, 0.4) is 0 Å². The molecule has 0 radical (unpaired) electrons. The number of hydrogen-bond acceptors (Lipinski definition) is 2. The number of hydrogen-bond donors (Lipinski definition) is 0. The van der Waals surface area contributed by atoms with Crippen molar-refractivity contribution in [3.05, 3.63) is 0 Å². The second kappa shape index (κ2) is 4.02. The lowest BCUT2D eigenvalue weighted by molar-refractivity contribution is -0.118. The van der Waals surface area contributed by atoms with Crippen LogP contribution in [0.25, 0.3) is 0 Å². The highest BCUT2D eigenvalue weighted by Gasteiger charge is 2.24. The van der Waals surface area contributed by atoms with Gasteiger partial charge in [-0.25, -0.2) is 0 Å². The summed E-state index contributed by atoms with van der Waals surface area (Å²) in [4.78, 5) is 11.3. The maximum atomic E-state index is 11.3. The second-order valence-electron chi connectivity index (χ2n) is 2.96. The van der Waals surface area contributed by atoms with E-state index >= 15 is 0 Å². The van der Waals surface area contributed by atoms with Gasteiger partial charge >= 0.3 is 0 Å². The lowest BCUT2D eigenvalue weighted by Gasteiger charge is -2.19. The molecule has 0 aliphatic rings. The molecular weight excluding hydrogens is 144 g/mol. The molecule has 0 fully saturated rings. The summed E-state index contributed by atoms with van der Waals surface area (Å²) in [6, 6.07) is 0. The molecule has 0 spiro atoms. The average molecular weight is 160 g/mol. The molecule has 0 heterocycles. The molecule has 2 heteroatoms. The van der Waals surface area contributed by atoms with Gasteiger partial charge in [0, 0.05) is 5.41 Å². The van der Waals surface area contributed by atoms with Crippen LogP contribution in [0.15, 0.2) is 0 Å². The largest absolute Gasteiger partial charge is 0.287 e. The summed E-state index contributed by atoms with van der Waals surface area (Å²) in [5, 5.41) is 0.317. The third-order valence-corrected chi connectivity index (χ3v) is 2.82. The van der Waals surface area contributed by atoms with Crippen LogP contribution in [0, 0.1) is 5.41 Å². The second-order valence-corrected chi connectivity index (χ2v) is 4.19. The van der Waals surface area contributed by atoms with Crippen molar-refractivity contribution in [1.82, 2.24) is 0 Å². The van der Waals surface area contributed by atoms with Crippen LogP contribution >= 0.6 is 11.8 Å². The van der Waals surface area contributed by atoms with Crippen LogP contribution in [0.4, 0.5) is 0 Å². The lowest BCUT2D eigenvalue weighted by Crippen LogP contribution is -2.20. The van der Waals surface area contributed by atoms with Gasteiger partial charge in [-0.3, -0.25) is 4.79 Å². The van der Waals surface area contributed by atoms with Crippen molar-refractivity contribution in [3.8, 4) is 0 Å². The number of thioether (sulfide) groups is 1. The summed E-state index contributed by atoms with van der Waals surface area (Å²) < 4.78 is 0. The summed E-state index contributed by atoms with van der Waals surface area (Å²) in [6.07, 6.45) is 0.929. The Morgan fingerprint density at radius 1 is 1.40 bits per heavy atom. The molecule has 0 aromatic carbocycles. The Morgan fingerprint density at radius 3 is 2.20 bits per heavy atom. The Balaban J connectivity index is 3.91. The van der Waals surface area contributed by atoms with Crippen molar-refractivity contribution in [3.63, 3.8) is 0 Å². The van der Waals surface area contributed by atoms with Crippen LogP contribution in [0.1, 0.15) is 34.1 Å². The molecule has 0 aliphatic carbocycles. The predicted octanol–water partition coefficient (Wildman–Crippen LogP) is 2.70. The topological polar surface area (TPSA) is 17.1 Å². The van der Waals surface area contributed by atoms with Crippen molar-refractivity contribution in [2.75, 3.05) is 5.75 Å². The van der Waals surface area contributed by atoms with E-state index < -0.39 is 0 Å². The Morgan fingerprint density at radius 2 is 1.90 bits per heavy atom. The van der Waals surface area contributed by atoms with Gasteiger partial charge in [-0.15, -0.1) is 0 Å². The van der Waals surface area contributed by atoms with Crippen molar-refractivity contribution >= 4 is 16.9 Å². The van der Waals surface area contributed by atoms with Crippen molar-refractivity contribution in [2.45, 2.75) is 34.1 Å². The molecule has 0 aromatic rings. The van der Waals surface area contributed by atoms with Crippen LogP contribution in [-0.2, 0) is 4.79 Å². The predicted molar refractivity (Wildman–Crippen MR) is 47.2 cm³/mol. The average Bonchev–Trinajstić information content (AvgIpc) is 1.89. The van der Waals surface area contributed by atoms with Gasteiger partial charge in [-0.2, -0.15) is 0 Å². The van der Waals surface area contributed by atoms with E-state index in [4.69, 9.17) is 0 Å². The summed E-state index contributed by atoms with van der Waals surface area (Å²) in [5.41, 5.74) is -0.124. The van der Waals surface area contributed by atoms with E-state index in [0.717, 1.165) is 12.2 Å². The highest BCUT2D eigenvalue weighted by molar-refractivity contribution is 8.13. The first-order chi connectivity index (χ1) is 4.54. The lowest BCUT2D eigenvalue weighted by atomic mass is 9.92. The highest BCUT2D eigenvalue weighted by Crippen LogP contribution is 2.26. The van der Waals surface area contributed by atoms with Crippen LogP contribution < -0.4 is 0 Å². The van der Waals surface area contributed by atoms with Crippen LogP contribution in [0.5, 0.6) is 0 Å². The fourth-order valence-electron chi connectivity index (χ4n) is 0.471. The molecule has 0 aromatic heterocycles. The molecule has 60 valence electrons. The SMILES string of the molecule is CCSC(=O)C(C)(C)CC. The van der Waals surface area contributed by atoms with Crippen molar-refractivity contribution < 1.29 is 4.79 Å². The van der Waals surface area contributed by atoms with Gasteiger partial charge < -0.3 is 0 Å².